The molecule has 0 spiro atoms. The van der Waals surface area contributed by atoms with E-state index in [4.69, 9.17) is 0 Å². The van der Waals surface area contributed by atoms with E-state index in [1.165, 1.54) is 24.0 Å². The van der Waals surface area contributed by atoms with Crippen molar-refractivity contribution in [2.75, 3.05) is 0 Å². The predicted octanol–water partition coefficient (Wildman–Crippen LogP) is 3.25. The molecule has 3 unspecified atom stereocenters. The van der Waals surface area contributed by atoms with Crippen molar-refractivity contribution in [3.05, 3.63) is 35.4 Å². The third kappa shape index (κ3) is 2.59. The number of rotatable bonds is 4. The van der Waals surface area contributed by atoms with Crippen molar-refractivity contribution in [2.45, 2.75) is 58.8 Å². The van der Waals surface area contributed by atoms with Gasteiger partial charge in [0.05, 0.1) is 6.04 Å². The molecule has 1 aliphatic carbocycles. The molecule has 3 atom stereocenters. The highest BCUT2D eigenvalue weighted by atomic mass is 16.2. The van der Waals surface area contributed by atoms with E-state index in [-0.39, 0.29) is 18.1 Å². The third-order valence-corrected chi connectivity index (χ3v) is 5.03. The zero-order valence-electron chi connectivity index (χ0n) is 13.5. The second kappa shape index (κ2) is 5.45. The molecule has 21 heavy (non-hydrogen) atoms. The maximum Gasteiger partial charge on any atom is 0.241 e. The lowest BCUT2D eigenvalue weighted by Crippen LogP contribution is -2.40. The molecule has 1 saturated carbocycles. The van der Waals surface area contributed by atoms with Gasteiger partial charge in [0.2, 0.25) is 5.91 Å². The van der Waals surface area contributed by atoms with Gasteiger partial charge in [0.1, 0.15) is 6.17 Å². The topological polar surface area (TPSA) is 32.3 Å². The molecule has 1 aliphatic heterocycles. The monoisotopic (exact) mass is 286 g/mol. The van der Waals surface area contributed by atoms with Gasteiger partial charge >= 0.3 is 0 Å². The number of amides is 1. The standard InChI is InChI=1S/C18H26N2O/c1-11(2)16-18(21)20(13(4)14-9-10-14)17(19-16)15-8-6-5-7-12(15)3/h5-8,11,13-14,16-17,19H,9-10H2,1-4H3. The van der Waals surface area contributed by atoms with E-state index in [2.05, 4.69) is 62.2 Å². The highest BCUT2D eigenvalue weighted by Crippen LogP contribution is 2.40. The molecule has 0 bridgehead atoms. The lowest BCUT2D eigenvalue weighted by atomic mass is 10.0. The van der Waals surface area contributed by atoms with E-state index in [9.17, 15) is 4.79 Å². The Bertz CT molecular complexity index is 536. The summed E-state index contributed by atoms with van der Waals surface area (Å²) in [6.45, 7) is 8.58. The lowest BCUT2D eigenvalue weighted by Gasteiger charge is -2.31. The summed E-state index contributed by atoms with van der Waals surface area (Å²) in [6, 6.07) is 8.68. The Hall–Kier alpha value is -1.35. The fraction of sp³-hybridized carbons (Fsp3) is 0.611. The average molecular weight is 286 g/mol. The molecular weight excluding hydrogens is 260 g/mol. The number of nitrogens with zero attached hydrogens (tertiary/aromatic N) is 1. The van der Waals surface area contributed by atoms with Crippen molar-refractivity contribution < 1.29 is 4.79 Å². The zero-order chi connectivity index (χ0) is 15.1. The number of hydrogen-bond donors (Lipinski definition) is 1. The summed E-state index contributed by atoms with van der Waals surface area (Å²) in [5.74, 6) is 1.28. The molecule has 1 N–H and O–H groups in total. The van der Waals surface area contributed by atoms with Crippen molar-refractivity contribution >= 4 is 5.91 Å². The van der Waals surface area contributed by atoms with E-state index in [1.54, 1.807) is 0 Å². The summed E-state index contributed by atoms with van der Waals surface area (Å²) >= 11 is 0. The minimum atomic E-state index is -0.0594. The van der Waals surface area contributed by atoms with E-state index < -0.39 is 0 Å². The van der Waals surface area contributed by atoms with Gasteiger partial charge in [-0.15, -0.1) is 0 Å². The summed E-state index contributed by atoms with van der Waals surface area (Å²) in [5, 5.41) is 3.59. The summed E-state index contributed by atoms with van der Waals surface area (Å²) in [5.41, 5.74) is 2.49. The molecule has 2 aliphatic rings. The largest absolute Gasteiger partial charge is 0.319 e. The van der Waals surface area contributed by atoms with Gasteiger partial charge in [-0.3, -0.25) is 10.1 Å². The van der Waals surface area contributed by atoms with Crippen LogP contribution in [0.25, 0.3) is 0 Å². The molecule has 1 aromatic rings. The molecule has 1 heterocycles. The SMILES string of the molecule is Cc1ccccc1C1NC(C(C)C)C(=O)N1C(C)C1CC1. The third-order valence-electron chi connectivity index (χ3n) is 5.03. The highest BCUT2D eigenvalue weighted by Gasteiger charge is 2.46. The van der Waals surface area contributed by atoms with Gasteiger partial charge in [0, 0.05) is 6.04 Å². The Morgan fingerprint density at radius 2 is 1.86 bits per heavy atom. The van der Waals surface area contributed by atoms with Crippen LogP contribution >= 0.6 is 0 Å². The van der Waals surface area contributed by atoms with Crippen LogP contribution in [0.2, 0.25) is 0 Å². The zero-order valence-corrected chi connectivity index (χ0v) is 13.5. The van der Waals surface area contributed by atoms with Gasteiger partial charge in [-0.2, -0.15) is 0 Å². The first-order valence-corrected chi connectivity index (χ1v) is 8.14. The normalized spacial score (nSPS) is 27.5. The molecule has 3 nitrogen and oxygen atoms in total. The predicted molar refractivity (Wildman–Crippen MR) is 84.7 cm³/mol. The molecule has 0 radical (unpaired) electrons. The fourth-order valence-corrected chi connectivity index (χ4v) is 3.46. The number of carbonyl (C=O) groups is 1. The first kappa shape index (κ1) is 14.6. The summed E-state index contributed by atoms with van der Waals surface area (Å²) < 4.78 is 0. The van der Waals surface area contributed by atoms with E-state index in [1.807, 2.05) is 0 Å². The molecular formula is C18H26N2O. The van der Waals surface area contributed by atoms with E-state index in [0.29, 0.717) is 17.9 Å². The smallest absolute Gasteiger partial charge is 0.241 e. The molecule has 1 saturated heterocycles. The minimum Gasteiger partial charge on any atom is -0.319 e. The van der Waals surface area contributed by atoms with Crippen LogP contribution in [0, 0.1) is 18.8 Å². The first-order chi connectivity index (χ1) is 10.0. The van der Waals surface area contributed by atoms with Crippen LogP contribution in [-0.4, -0.2) is 22.9 Å². The summed E-state index contributed by atoms with van der Waals surface area (Å²) in [4.78, 5) is 15.0. The van der Waals surface area contributed by atoms with Crippen molar-refractivity contribution in [1.29, 1.82) is 0 Å². The minimum absolute atomic E-state index is 0.0294. The van der Waals surface area contributed by atoms with E-state index in [0.717, 1.165) is 0 Å². The van der Waals surface area contributed by atoms with Crippen LogP contribution in [0.3, 0.4) is 0 Å². The van der Waals surface area contributed by atoms with Gasteiger partial charge in [-0.25, -0.2) is 0 Å². The number of benzene rings is 1. The maximum atomic E-state index is 12.9. The molecule has 1 amide bonds. The molecule has 3 heteroatoms. The van der Waals surface area contributed by atoms with Crippen LogP contribution in [0.15, 0.2) is 24.3 Å². The van der Waals surface area contributed by atoms with Crippen molar-refractivity contribution in [1.82, 2.24) is 10.2 Å². The molecule has 0 aromatic heterocycles. The van der Waals surface area contributed by atoms with Crippen molar-refractivity contribution in [2.24, 2.45) is 11.8 Å². The van der Waals surface area contributed by atoms with Gasteiger partial charge < -0.3 is 4.90 Å². The van der Waals surface area contributed by atoms with Crippen LogP contribution in [0.4, 0.5) is 0 Å². The Kier molecular flexibility index (Phi) is 3.78. The quantitative estimate of drug-likeness (QED) is 0.921. The first-order valence-electron chi connectivity index (χ1n) is 8.14. The fourth-order valence-electron chi connectivity index (χ4n) is 3.46. The Labute approximate surface area is 127 Å². The number of hydrogen-bond acceptors (Lipinski definition) is 2. The number of carbonyl (C=O) groups excluding carboxylic acids is 1. The Morgan fingerprint density at radius 1 is 1.19 bits per heavy atom. The maximum absolute atomic E-state index is 12.9. The van der Waals surface area contributed by atoms with Crippen LogP contribution in [0.5, 0.6) is 0 Å². The summed E-state index contributed by atoms with van der Waals surface area (Å²) in [7, 11) is 0. The lowest BCUT2D eigenvalue weighted by molar-refractivity contribution is -0.133. The van der Waals surface area contributed by atoms with Crippen LogP contribution < -0.4 is 5.32 Å². The number of nitrogens with one attached hydrogen (secondary N) is 1. The van der Waals surface area contributed by atoms with E-state index >= 15 is 0 Å². The van der Waals surface area contributed by atoms with Gasteiger partial charge in [0.15, 0.2) is 0 Å². The molecule has 2 fully saturated rings. The van der Waals surface area contributed by atoms with Crippen LogP contribution in [-0.2, 0) is 4.79 Å². The molecule has 3 rings (SSSR count). The Morgan fingerprint density at radius 3 is 2.43 bits per heavy atom. The van der Waals surface area contributed by atoms with Crippen molar-refractivity contribution in [3.8, 4) is 0 Å². The highest BCUT2D eigenvalue weighted by molar-refractivity contribution is 5.85. The second-order valence-electron chi connectivity index (χ2n) is 6.97. The number of aryl methyl sites for hydroxylation is 1. The van der Waals surface area contributed by atoms with Gasteiger partial charge in [-0.1, -0.05) is 38.1 Å². The van der Waals surface area contributed by atoms with Gasteiger partial charge in [-0.05, 0) is 49.7 Å². The molecule has 114 valence electrons. The average Bonchev–Trinajstić information content (AvgIpc) is 3.22. The van der Waals surface area contributed by atoms with Crippen LogP contribution in [0.1, 0.15) is 50.9 Å². The second-order valence-corrected chi connectivity index (χ2v) is 6.97. The molecule has 1 aromatic carbocycles. The van der Waals surface area contributed by atoms with Crippen molar-refractivity contribution in [3.63, 3.8) is 0 Å². The summed E-state index contributed by atoms with van der Waals surface area (Å²) in [6.07, 6.45) is 2.55. The van der Waals surface area contributed by atoms with Gasteiger partial charge in [0.25, 0.3) is 0 Å². The Balaban J connectivity index is 1.95.